The minimum Gasteiger partial charge on any atom is -0.496 e. The average Bonchev–Trinajstić information content (AvgIpc) is 2.27. The van der Waals surface area contributed by atoms with Gasteiger partial charge in [-0.2, -0.15) is 0 Å². The Labute approximate surface area is 106 Å². The fourth-order valence-electron chi connectivity index (χ4n) is 2.07. The fourth-order valence-corrected chi connectivity index (χ4v) is 2.07. The highest BCUT2D eigenvalue weighted by molar-refractivity contribution is 5.44. The van der Waals surface area contributed by atoms with Gasteiger partial charge in [0, 0.05) is 6.04 Å². The number of rotatable bonds is 4. The predicted octanol–water partition coefficient (Wildman–Crippen LogP) is 3.75. The Kier molecular flexibility index (Phi) is 4.58. The first kappa shape index (κ1) is 14.0. The number of hydrogen-bond acceptors (Lipinski definition) is 2. The van der Waals surface area contributed by atoms with E-state index in [1.807, 2.05) is 0 Å². The molecule has 0 heterocycles. The fraction of sp³-hybridized carbons (Fsp3) is 0.600. The van der Waals surface area contributed by atoms with Gasteiger partial charge in [-0.25, -0.2) is 0 Å². The number of ether oxygens (including phenoxy) is 1. The van der Waals surface area contributed by atoms with Crippen molar-refractivity contribution in [3.8, 4) is 5.75 Å². The van der Waals surface area contributed by atoms with Gasteiger partial charge in [0.15, 0.2) is 0 Å². The summed E-state index contributed by atoms with van der Waals surface area (Å²) in [5.74, 6) is 1.49. The molecule has 0 spiro atoms. The van der Waals surface area contributed by atoms with E-state index in [-0.39, 0.29) is 0 Å². The van der Waals surface area contributed by atoms with E-state index in [0.717, 1.165) is 5.75 Å². The molecule has 0 aliphatic rings. The first-order chi connectivity index (χ1) is 7.88. The summed E-state index contributed by atoms with van der Waals surface area (Å²) in [7, 11) is 5.97. The van der Waals surface area contributed by atoms with Crippen molar-refractivity contribution in [1.29, 1.82) is 0 Å². The van der Waals surface area contributed by atoms with Crippen molar-refractivity contribution in [3.63, 3.8) is 0 Å². The van der Waals surface area contributed by atoms with Crippen molar-refractivity contribution in [3.05, 3.63) is 28.8 Å². The summed E-state index contributed by atoms with van der Waals surface area (Å²) >= 11 is 0. The minimum absolute atomic E-state index is 0.429. The topological polar surface area (TPSA) is 12.5 Å². The first-order valence-electron chi connectivity index (χ1n) is 6.23. The monoisotopic (exact) mass is 235 g/mol. The summed E-state index contributed by atoms with van der Waals surface area (Å²) in [4.78, 5) is 2.24. The molecule has 0 aliphatic heterocycles. The van der Waals surface area contributed by atoms with Gasteiger partial charge in [0.1, 0.15) is 5.75 Å². The van der Waals surface area contributed by atoms with E-state index in [2.05, 4.69) is 58.8 Å². The average molecular weight is 235 g/mol. The van der Waals surface area contributed by atoms with Gasteiger partial charge in [-0.15, -0.1) is 0 Å². The highest BCUT2D eigenvalue weighted by atomic mass is 16.5. The maximum Gasteiger partial charge on any atom is 0.122 e. The SMILES string of the molecule is COc1cc(C)c(C(C)N(C)C)cc1C(C)C. The Bertz CT molecular complexity index is 383. The zero-order chi connectivity index (χ0) is 13.2. The Morgan fingerprint density at radius 2 is 1.65 bits per heavy atom. The molecule has 1 aromatic carbocycles. The second-order valence-electron chi connectivity index (χ2n) is 5.25. The molecule has 2 heteroatoms. The second kappa shape index (κ2) is 5.54. The highest BCUT2D eigenvalue weighted by Crippen LogP contribution is 2.33. The van der Waals surface area contributed by atoms with Crippen LogP contribution in [0.15, 0.2) is 12.1 Å². The predicted molar refractivity (Wildman–Crippen MR) is 73.9 cm³/mol. The van der Waals surface area contributed by atoms with Crippen molar-refractivity contribution in [2.45, 2.75) is 39.7 Å². The minimum atomic E-state index is 0.429. The molecule has 0 amide bonds. The van der Waals surface area contributed by atoms with Crippen molar-refractivity contribution in [2.75, 3.05) is 21.2 Å². The summed E-state index contributed by atoms with van der Waals surface area (Å²) < 4.78 is 5.47. The van der Waals surface area contributed by atoms with Crippen LogP contribution in [0.4, 0.5) is 0 Å². The van der Waals surface area contributed by atoms with Crippen LogP contribution in [0.25, 0.3) is 0 Å². The molecule has 0 aliphatic carbocycles. The van der Waals surface area contributed by atoms with Crippen molar-refractivity contribution >= 4 is 0 Å². The molecule has 0 radical (unpaired) electrons. The van der Waals surface area contributed by atoms with Crippen LogP contribution in [0.3, 0.4) is 0 Å². The molecule has 0 aromatic heterocycles. The zero-order valence-electron chi connectivity index (χ0n) is 12.2. The molecule has 96 valence electrons. The molecule has 1 atom stereocenters. The van der Waals surface area contributed by atoms with Crippen LogP contribution in [-0.4, -0.2) is 26.1 Å². The highest BCUT2D eigenvalue weighted by Gasteiger charge is 2.16. The number of aryl methyl sites for hydroxylation is 1. The molecular weight excluding hydrogens is 210 g/mol. The molecule has 17 heavy (non-hydrogen) atoms. The molecular formula is C15H25NO. The molecule has 2 nitrogen and oxygen atoms in total. The van der Waals surface area contributed by atoms with E-state index in [1.165, 1.54) is 16.7 Å². The van der Waals surface area contributed by atoms with Gasteiger partial charge in [0.2, 0.25) is 0 Å². The van der Waals surface area contributed by atoms with E-state index in [1.54, 1.807) is 7.11 Å². The second-order valence-corrected chi connectivity index (χ2v) is 5.25. The zero-order valence-corrected chi connectivity index (χ0v) is 12.2. The molecule has 1 aromatic rings. The van der Waals surface area contributed by atoms with E-state index >= 15 is 0 Å². The third-order valence-corrected chi connectivity index (χ3v) is 3.47. The number of benzene rings is 1. The van der Waals surface area contributed by atoms with E-state index in [4.69, 9.17) is 4.74 Å². The van der Waals surface area contributed by atoms with Gasteiger partial charge in [0.05, 0.1) is 7.11 Å². The number of hydrogen-bond donors (Lipinski definition) is 0. The molecule has 0 N–H and O–H groups in total. The molecule has 0 bridgehead atoms. The standard InChI is InChI=1S/C15H25NO/c1-10(2)13-9-14(12(4)16(5)6)11(3)8-15(13)17-7/h8-10,12H,1-7H3. The van der Waals surface area contributed by atoms with Gasteiger partial charge in [-0.3, -0.25) is 0 Å². The Balaban J connectivity index is 3.29. The lowest BCUT2D eigenvalue weighted by Gasteiger charge is -2.24. The normalized spacial score (nSPS) is 13.2. The summed E-state index contributed by atoms with van der Waals surface area (Å²) in [6.07, 6.45) is 0. The largest absolute Gasteiger partial charge is 0.496 e. The van der Waals surface area contributed by atoms with Gasteiger partial charge in [-0.1, -0.05) is 19.9 Å². The van der Waals surface area contributed by atoms with Crippen LogP contribution in [0.1, 0.15) is 49.4 Å². The van der Waals surface area contributed by atoms with Crippen LogP contribution in [0, 0.1) is 6.92 Å². The van der Waals surface area contributed by atoms with Crippen molar-refractivity contribution in [2.24, 2.45) is 0 Å². The third kappa shape index (κ3) is 3.01. The summed E-state index contributed by atoms with van der Waals surface area (Å²) in [6, 6.07) is 4.88. The first-order valence-corrected chi connectivity index (χ1v) is 6.23. The Morgan fingerprint density at radius 3 is 2.06 bits per heavy atom. The van der Waals surface area contributed by atoms with Gasteiger partial charge in [0.25, 0.3) is 0 Å². The van der Waals surface area contributed by atoms with Crippen LogP contribution in [0.2, 0.25) is 0 Å². The molecule has 0 saturated heterocycles. The van der Waals surface area contributed by atoms with E-state index in [0.29, 0.717) is 12.0 Å². The molecule has 1 rings (SSSR count). The third-order valence-electron chi connectivity index (χ3n) is 3.47. The van der Waals surface area contributed by atoms with Crippen LogP contribution in [0.5, 0.6) is 5.75 Å². The lowest BCUT2D eigenvalue weighted by atomic mass is 9.93. The summed E-state index contributed by atoms with van der Waals surface area (Å²) in [5.41, 5.74) is 3.98. The summed E-state index contributed by atoms with van der Waals surface area (Å²) in [6.45, 7) is 8.80. The van der Waals surface area contributed by atoms with E-state index in [9.17, 15) is 0 Å². The van der Waals surface area contributed by atoms with Crippen LogP contribution in [-0.2, 0) is 0 Å². The number of nitrogens with zero attached hydrogens (tertiary/aromatic N) is 1. The van der Waals surface area contributed by atoms with Crippen LogP contribution >= 0.6 is 0 Å². The molecule has 1 unspecified atom stereocenters. The Morgan fingerprint density at radius 1 is 1.06 bits per heavy atom. The lowest BCUT2D eigenvalue weighted by Crippen LogP contribution is -2.18. The number of methoxy groups -OCH3 is 1. The quantitative estimate of drug-likeness (QED) is 0.788. The van der Waals surface area contributed by atoms with E-state index < -0.39 is 0 Å². The molecule has 0 saturated carbocycles. The van der Waals surface area contributed by atoms with Crippen molar-refractivity contribution in [1.82, 2.24) is 4.90 Å². The molecule has 0 fully saturated rings. The Hall–Kier alpha value is -1.02. The van der Waals surface area contributed by atoms with Gasteiger partial charge >= 0.3 is 0 Å². The van der Waals surface area contributed by atoms with Gasteiger partial charge < -0.3 is 9.64 Å². The maximum atomic E-state index is 5.47. The lowest BCUT2D eigenvalue weighted by molar-refractivity contribution is 0.319. The summed E-state index contributed by atoms with van der Waals surface area (Å²) in [5, 5.41) is 0. The van der Waals surface area contributed by atoms with Crippen molar-refractivity contribution < 1.29 is 4.74 Å². The smallest absolute Gasteiger partial charge is 0.122 e. The van der Waals surface area contributed by atoms with Gasteiger partial charge in [-0.05, 0) is 56.6 Å². The van der Waals surface area contributed by atoms with Crippen LogP contribution < -0.4 is 4.74 Å². The maximum absolute atomic E-state index is 5.47.